The number of ether oxygens (including phenoxy) is 3. The van der Waals surface area contributed by atoms with Gasteiger partial charge in [-0.3, -0.25) is 42.5 Å². The van der Waals surface area contributed by atoms with Gasteiger partial charge in [-0.2, -0.15) is 0 Å². The molecular formula is C61H88ClF2N15O3. The molecule has 18 nitrogen and oxygen atoms in total. The molecule has 0 radical (unpaired) electrons. The third kappa shape index (κ3) is 12.8. The Balaban J connectivity index is 0.711. The molecule has 11 unspecified atom stereocenters. The van der Waals surface area contributed by atoms with Gasteiger partial charge in [-0.15, -0.1) is 0 Å². The van der Waals surface area contributed by atoms with Gasteiger partial charge in [0, 0.05) is 104 Å². The summed E-state index contributed by atoms with van der Waals surface area (Å²) < 4.78 is 53.6. The first-order valence-electron chi connectivity index (χ1n) is 30.6. The molecule has 446 valence electrons. The molecule has 21 heteroatoms. The lowest BCUT2D eigenvalue weighted by atomic mass is 9.91. The maximum atomic E-state index is 17.0. The SMILES string of the molecule is CNC1CC(C)NC(Nc2c(F)c3c(c(C4=CCNCCC4)c2F)OC(CNC2CC(C)NC(Nc4cc5c(c(C6=CCNCCC6)c4C)OC(CNC4CC(C)NC(Nc6cc7c(c(C8=CCNCCC8)c6Cl)OCC7)N4)C5)N2)C3)N1. The molecule has 15 N–H and O–H groups in total. The fraction of sp³-hybridized carbons (Fsp3) is 0.607. The van der Waals surface area contributed by atoms with E-state index >= 15 is 8.78 Å². The standard InChI is InChI=1S/C61H88ClF2N15O3/c1-32-23-46(65-5)76-61(73-32)79-55-53(63)43-29-42(82-58(43)51(54(55)64)38-11-8-18-68-21-14-38)31-70-48-24-33(2)71-59(77-48)74-44-28-40-26-41(81-57(40)49(35(44)4)36-9-6-16-66-19-12-36)30-69-47-25-34(3)72-60(78-47)75-45-27-39-15-22-80-56(39)50(52(45)62)37-10-7-17-67-20-13-37/h12-14,27-28,32-34,41-42,46-48,59-61,65-79H,6-11,15-26,29-31H2,1-5H3. The summed E-state index contributed by atoms with van der Waals surface area (Å²) in [5.41, 5.74) is 11.8. The van der Waals surface area contributed by atoms with E-state index in [0.29, 0.717) is 61.0 Å². The molecule has 0 aliphatic carbocycles. The van der Waals surface area contributed by atoms with E-state index in [1.165, 1.54) is 27.8 Å². The van der Waals surface area contributed by atoms with Crippen LogP contribution in [-0.2, 0) is 19.3 Å². The number of rotatable bonds is 16. The molecule has 3 saturated heterocycles. The van der Waals surface area contributed by atoms with Gasteiger partial charge in [-0.05, 0) is 147 Å². The molecular weight excluding hydrogens is 1060 g/mol. The topological polar surface area (TPSA) is 208 Å². The number of anilines is 3. The van der Waals surface area contributed by atoms with Gasteiger partial charge in [-0.25, -0.2) is 8.78 Å². The zero-order valence-corrected chi connectivity index (χ0v) is 49.2. The average molecular weight is 1150 g/mol. The molecule has 9 aliphatic rings. The second-order valence-electron chi connectivity index (χ2n) is 24.2. The highest BCUT2D eigenvalue weighted by atomic mass is 35.5. The molecule has 3 fully saturated rings. The Morgan fingerprint density at radius 3 is 1.72 bits per heavy atom. The molecule has 3 aromatic rings. The van der Waals surface area contributed by atoms with Crippen LogP contribution in [0.25, 0.3) is 16.7 Å². The van der Waals surface area contributed by atoms with Crippen LogP contribution < -0.4 is 94.0 Å². The molecule has 0 bridgehead atoms. The molecule has 0 saturated carbocycles. The summed E-state index contributed by atoms with van der Waals surface area (Å²) in [5.74, 6) is 1.03. The van der Waals surface area contributed by atoms with Crippen LogP contribution in [0.3, 0.4) is 0 Å². The molecule has 9 heterocycles. The molecule has 9 aliphatic heterocycles. The zero-order valence-electron chi connectivity index (χ0n) is 48.4. The van der Waals surface area contributed by atoms with Crippen LogP contribution in [0.2, 0.25) is 5.02 Å². The fourth-order valence-electron chi connectivity index (χ4n) is 13.8. The largest absolute Gasteiger partial charge is 0.492 e. The van der Waals surface area contributed by atoms with E-state index in [4.69, 9.17) is 25.8 Å². The van der Waals surface area contributed by atoms with Gasteiger partial charge in [0.1, 0.15) is 54.0 Å². The first-order valence-corrected chi connectivity index (χ1v) is 31.0. The summed E-state index contributed by atoms with van der Waals surface area (Å²) in [6.45, 7) is 15.5. The first kappa shape index (κ1) is 57.8. The van der Waals surface area contributed by atoms with Crippen LogP contribution in [0.5, 0.6) is 17.2 Å². The molecule has 0 amide bonds. The van der Waals surface area contributed by atoms with Gasteiger partial charge in [0.25, 0.3) is 0 Å². The predicted octanol–water partition coefficient (Wildman–Crippen LogP) is 5.55. The minimum absolute atomic E-state index is 0.0111. The van der Waals surface area contributed by atoms with Crippen molar-refractivity contribution in [3.63, 3.8) is 0 Å². The summed E-state index contributed by atoms with van der Waals surface area (Å²) in [6.07, 6.45) is 15.1. The smallest absolute Gasteiger partial charge is 0.160 e. The van der Waals surface area contributed by atoms with Crippen LogP contribution in [-0.4, -0.2) is 134 Å². The maximum Gasteiger partial charge on any atom is 0.160 e. The Kier molecular flexibility index (Phi) is 18.3. The lowest BCUT2D eigenvalue weighted by molar-refractivity contribution is 0.189. The second kappa shape index (κ2) is 25.9. The average Bonchev–Trinajstić information content (AvgIpc) is 4.14. The summed E-state index contributed by atoms with van der Waals surface area (Å²) in [5, 5.41) is 54.7. The minimum atomic E-state index is -0.616. The summed E-state index contributed by atoms with van der Waals surface area (Å²) in [6, 6.07) is 4.99. The molecule has 3 aromatic carbocycles. The number of allylic oxidation sites excluding steroid dienone is 3. The minimum Gasteiger partial charge on any atom is -0.492 e. The third-order valence-corrected chi connectivity index (χ3v) is 18.3. The lowest BCUT2D eigenvalue weighted by Gasteiger charge is -2.38. The number of halogens is 3. The molecule has 12 rings (SSSR count). The van der Waals surface area contributed by atoms with E-state index in [-0.39, 0.29) is 61.0 Å². The molecule has 0 aromatic heterocycles. The molecule has 0 spiro atoms. The Morgan fingerprint density at radius 2 is 1.10 bits per heavy atom. The summed E-state index contributed by atoms with van der Waals surface area (Å²) >= 11 is 7.30. The number of fused-ring (bicyclic) bond motifs is 3. The Bertz CT molecular complexity index is 2910. The lowest BCUT2D eigenvalue weighted by Crippen LogP contribution is -2.65. The van der Waals surface area contributed by atoms with Gasteiger partial charge in [0.15, 0.2) is 11.6 Å². The maximum absolute atomic E-state index is 17.0. The zero-order chi connectivity index (χ0) is 56.4. The van der Waals surface area contributed by atoms with Crippen molar-refractivity contribution in [2.24, 2.45) is 0 Å². The summed E-state index contributed by atoms with van der Waals surface area (Å²) in [4.78, 5) is 0. The van der Waals surface area contributed by atoms with Crippen molar-refractivity contribution in [1.82, 2.24) is 63.8 Å². The van der Waals surface area contributed by atoms with E-state index in [9.17, 15) is 0 Å². The van der Waals surface area contributed by atoms with E-state index < -0.39 is 24.0 Å². The van der Waals surface area contributed by atoms with Crippen molar-refractivity contribution < 1.29 is 23.0 Å². The van der Waals surface area contributed by atoms with Gasteiger partial charge in [0.05, 0.1) is 41.4 Å². The van der Waals surface area contributed by atoms with Crippen molar-refractivity contribution >= 4 is 45.4 Å². The van der Waals surface area contributed by atoms with E-state index in [2.05, 4.69) is 132 Å². The monoisotopic (exact) mass is 1150 g/mol. The normalized spacial score (nSPS) is 30.2. The van der Waals surface area contributed by atoms with Gasteiger partial charge >= 0.3 is 0 Å². The number of hydrogen-bond donors (Lipinski definition) is 15. The first-order chi connectivity index (χ1) is 39.9. The van der Waals surface area contributed by atoms with Crippen LogP contribution >= 0.6 is 11.6 Å². The van der Waals surface area contributed by atoms with Crippen LogP contribution in [0.15, 0.2) is 30.4 Å². The van der Waals surface area contributed by atoms with Gasteiger partial charge in [-0.1, -0.05) is 29.8 Å². The highest BCUT2D eigenvalue weighted by Crippen LogP contribution is 2.48. The third-order valence-electron chi connectivity index (χ3n) is 17.9. The van der Waals surface area contributed by atoms with Crippen LogP contribution in [0, 0.1) is 18.6 Å². The quantitative estimate of drug-likeness (QED) is 0.0849. The Hall–Kier alpha value is -4.65. The van der Waals surface area contributed by atoms with Crippen molar-refractivity contribution in [1.29, 1.82) is 0 Å². The highest BCUT2D eigenvalue weighted by molar-refractivity contribution is 6.35. The number of hydrogen-bond acceptors (Lipinski definition) is 18. The molecule has 82 heavy (non-hydrogen) atoms. The van der Waals surface area contributed by atoms with Gasteiger partial charge in [0.2, 0.25) is 0 Å². The predicted molar refractivity (Wildman–Crippen MR) is 324 cm³/mol. The van der Waals surface area contributed by atoms with Crippen LogP contribution in [0.4, 0.5) is 25.8 Å². The Labute approximate surface area is 487 Å². The fourth-order valence-corrected chi connectivity index (χ4v) is 14.1. The van der Waals surface area contributed by atoms with Crippen molar-refractivity contribution in [3.8, 4) is 17.2 Å². The van der Waals surface area contributed by atoms with Crippen molar-refractivity contribution in [2.75, 3.05) is 82.0 Å². The van der Waals surface area contributed by atoms with E-state index in [1.54, 1.807) is 0 Å². The number of nitrogens with one attached hydrogen (secondary N) is 15. The molecule has 11 atom stereocenters. The van der Waals surface area contributed by atoms with Crippen molar-refractivity contribution in [3.05, 3.63) is 86.0 Å². The van der Waals surface area contributed by atoms with E-state index in [1.807, 2.05) is 13.1 Å². The second-order valence-corrected chi connectivity index (χ2v) is 24.6. The summed E-state index contributed by atoms with van der Waals surface area (Å²) in [7, 11) is 1.88. The van der Waals surface area contributed by atoms with E-state index in [0.717, 1.165) is 137 Å². The number of benzene rings is 3. The van der Waals surface area contributed by atoms with Crippen molar-refractivity contribution in [2.45, 2.75) is 172 Å². The van der Waals surface area contributed by atoms with Gasteiger partial charge < -0.3 is 51.4 Å². The highest BCUT2D eigenvalue weighted by Gasteiger charge is 2.39. The van der Waals surface area contributed by atoms with Crippen LogP contribution in [0.1, 0.15) is 118 Å². The Morgan fingerprint density at radius 1 is 0.573 bits per heavy atom.